The third-order valence-corrected chi connectivity index (χ3v) is 7.31. The molecule has 0 bridgehead atoms. The quantitative estimate of drug-likeness (QED) is 0.300. The van der Waals surface area contributed by atoms with Gasteiger partial charge in [0.1, 0.15) is 0 Å². The van der Waals surface area contributed by atoms with E-state index in [9.17, 15) is 31.1 Å². The molecule has 0 amide bonds. The number of carbonyl (C=O) groups excluding carboxylic acids is 1. The summed E-state index contributed by atoms with van der Waals surface area (Å²) in [6.45, 7) is 1.03. The van der Waals surface area contributed by atoms with Crippen LogP contribution in [0.5, 0.6) is 0 Å². The van der Waals surface area contributed by atoms with Gasteiger partial charge in [-0.3, -0.25) is 9.69 Å². The lowest BCUT2D eigenvalue weighted by Crippen LogP contribution is -2.44. The number of piperidine rings is 1. The van der Waals surface area contributed by atoms with Gasteiger partial charge in [-0.15, -0.1) is 0 Å². The van der Waals surface area contributed by atoms with Gasteiger partial charge in [-0.1, -0.05) is 24.3 Å². The zero-order valence-electron chi connectivity index (χ0n) is 20.3. The second-order valence-electron chi connectivity index (χ2n) is 9.66. The summed E-state index contributed by atoms with van der Waals surface area (Å²) in [5, 5.41) is 0. The van der Waals surface area contributed by atoms with Crippen molar-refractivity contribution in [2.75, 3.05) is 20.3 Å². The predicted octanol–water partition coefficient (Wildman–Crippen LogP) is 6.96. The summed E-state index contributed by atoms with van der Waals surface area (Å²) >= 11 is 0. The van der Waals surface area contributed by atoms with Gasteiger partial charge >= 0.3 is 18.3 Å². The van der Waals surface area contributed by atoms with Crippen LogP contribution in [0, 0.1) is 5.92 Å². The molecule has 2 saturated heterocycles. The molecule has 2 fully saturated rings. The molecule has 0 aliphatic carbocycles. The van der Waals surface area contributed by atoms with Crippen LogP contribution in [0.2, 0.25) is 0 Å². The molecule has 2 aromatic carbocycles. The molecule has 0 radical (unpaired) electrons. The molecule has 4 nitrogen and oxygen atoms in total. The molecule has 0 aromatic heterocycles. The molecule has 2 aromatic rings. The van der Waals surface area contributed by atoms with Gasteiger partial charge in [0, 0.05) is 19.1 Å². The van der Waals surface area contributed by atoms with Gasteiger partial charge in [0.05, 0.1) is 30.4 Å². The number of nitrogens with zero attached hydrogens (tertiary/aromatic N) is 1. The number of hydrogen-bond donors (Lipinski definition) is 0. The number of benzene rings is 2. The molecular weight excluding hydrogens is 500 g/mol. The van der Waals surface area contributed by atoms with Gasteiger partial charge in [-0.05, 0) is 73.5 Å². The largest absolute Gasteiger partial charge is 0.469 e. The molecule has 2 heterocycles. The summed E-state index contributed by atoms with van der Waals surface area (Å²) < 4.78 is 90.0. The normalized spacial score (nSPS) is 24.1. The standard InChI is InChI=1S/C27H29F6NO3/c1-36-24(35)16-17-12-13-34(22(15-17)18-4-8-20(9-5-18)26(28,29)30)25(23-3-2-14-37-23)19-6-10-21(11-7-19)27(31,32)33/h4-11,17,22-23,25H,2-3,12-16H2,1H3/t17-,22+,23+,25?/m1/s1. The Morgan fingerprint density at radius 2 is 1.57 bits per heavy atom. The van der Waals surface area contributed by atoms with Crippen LogP contribution in [0.1, 0.15) is 66.4 Å². The molecule has 37 heavy (non-hydrogen) atoms. The first-order valence-electron chi connectivity index (χ1n) is 12.3. The molecule has 4 atom stereocenters. The molecule has 0 saturated carbocycles. The van der Waals surface area contributed by atoms with Crippen molar-refractivity contribution in [2.24, 2.45) is 5.92 Å². The zero-order chi connectivity index (χ0) is 26.8. The summed E-state index contributed by atoms with van der Waals surface area (Å²) in [5.74, 6) is -0.406. The number of likely N-dealkylation sites (tertiary alicyclic amines) is 1. The fourth-order valence-electron chi connectivity index (χ4n) is 5.46. The molecular formula is C27H29F6NO3. The molecule has 202 valence electrons. The van der Waals surface area contributed by atoms with Crippen molar-refractivity contribution in [2.45, 2.75) is 62.6 Å². The number of halogens is 6. The molecule has 2 aliphatic heterocycles. The third-order valence-electron chi connectivity index (χ3n) is 7.31. The minimum Gasteiger partial charge on any atom is -0.469 e. The van der Waals surface area contributed by atoms with Crippen LogP contribution in [0.15, 0.2) is 48.5 Å². The molecule has 4 rings (SSSR count). The first kappa shape index (κ1) is 27.4. The zero-order valence-corrected chi connectivity index (χ0v) is 20.3. The average molecular weight is 530 g/mol. The predicted molar refractivity (Wildman–Crippen MR) is 123 cm³/mol. The van der Waals surface area contributed by atoms with Gasteiger partial charge in [0.25, 0.3) is 0 Å². The van der Waals surface area contributed by atoms with Crippen LogP contribution in [0.25, 0.3) is 0 Å². The van der Waals surface area contributed by atoms with Crippen molar-refractivity contribution in [3.63, 3.8) is 0 Å². The maximum Gasteiger partial charge on any atom is 0.416 e. The van der Waals surface area contributed by atoms with Crippen LogP contribution in [0.4, 0.5) is 26.3 Å². The molecule has 1 unspecified atom stereocenters. The van der Waals surface area contributed by atoms with E-state index < -0.39 is 29.5 Å². The highest BCUT2D eigenvalue weighted by atomic mass is 19.4. The van der Waals surface area contributed by atoms with Gasteiger partial charge < -0.3 is 9.47 Å². The molecule has 0 spiro atoms. The van der Waals surface area contributed by atoms with Gasteiger partial charge in [0.15, 0.2) is 0 Å². The van der Waals surface area contributed by atoms with E-state index in [-0.39, 0.29) is 30.5 Å². The molecule has 0 N–H and O–H groups in total. The Morgan fingerprint density at radius 3 is 2.08 bits per heavy atom. The van der Waals surface area contributed by atoms with E-state index in [0.717, 1.165) is 30.7 Å². The van der Waals surface area contributed by atoms with E-state index in [0.29, 0.717) is 43.5 Å². The second kappa shape index (κ2) is 11.0. The number of methoxy groups -OCH3 is 1. The van der Waals surface area contributed by atoms with E-state index in [4.69, 9.17) is 9.47 Å². The van der Waals surface area contributed by atoms with Crippen molar-refractivity contribution >= 4 is 5.97 Å². The van der Waals surface area contributed by atoms with Crippen molar-refractivity contribution in [3.05, 3.63) is 70.8 Å². The monoisotopic (exact) mass is 529 g/mol. The number of alkyl halides is 6. The van der Waals surface area contributed by atoms with Crippen LogP contribution < -0.4 is 0 Å². The van der Waals surface area contributed by atoms with Crippen molar-refractivity contribution in [1.82, 2.24) is 4.90 Å². The highest BCUT2D eigenvalue weighted by molar-refractivity contribution is 5.69. The summed E-state index contributed by atoms with van der Waals surface area (Å²) in [6.07, 6.45) is -6.37. The van der Waals surface area contributed by atoms with E-state index in [1.807, 2.05) is 0 Å². The van der Waals surface area contributed by atoms with Crippen molar-refractivity contribution in [3.8, 4) is 0 Å². The number of rotatable bonds is 6. The summed E-state index contributed by atoms with van der Waals surface area (Å²) in [5.41, 5.74) is -0.206. The number of ether oxygens (including phenoxy) is 2. The Labute approximate surface area is 211 Å². The highest BCUT2D eigenvalue weighted by Crippen LogP contribution is 2.45. The van der Waals surface area contributed by atoms with Crippen molar-refractivity contribution in [1.29, 1.82) is 0 Å². The summed E-state index contributed by atoms with van der Waals surface area (Å²) in [6, 6.07) is 9.23. The number of esters is 1. The SMILES string of the molecule is COC(=O)C[C@@H]1CCN(C(c2ccc(C(F)(F)F)cc2)[C@@H]2CCCO2)[C@H](c2ccc(C(F)(F)F)cc2)C1. The van der Waals surface area contributed by atoms with Crippen LogP contribution >= 0.6 is 0 Å². The fourth-order valence-corrected chi connectivity index (χ4v) is 5.46. The van der Waals surface area contributed by atoms with Gasteiger partial charge in [-0.2, -0.15) is 26.3 Å². The minimum absolute atomic E-state index is 0.0475. The Bertz CT molecular complexity index is 1050. The summed E-state index contributed by atoms with van der Waals surface area (Å²) in [7, 11) is 1.31. The lowest BCUT2D eigenvalue weighted by molar-refractivity contribution is -0.142. The average Bonchev–Trinajstić information content (AvgIpc) is 3.38. The molecule has 2 aliphatic rings. The Morgan fingerprint density at radius 1 is 0.973 bits per heavy atom. The third kappa shape index (κ3) is 6.46. The highest BCUT2D eigenvalue weighted by Gasteiger charge is 2.41. The fraction of sp³-hybridized carbons (Fsp3) is 0.519. The van der Waals surface area contributed by atoms with Crippen molar-refractivity contribution < 1.29 is 40.6 Å². The Hall–Kier alpha value is -2.59. The maximum atomic E-state index is 13.2. The Balaban J connectivity index is 1.71. The Kier molecular flexibility index (Phi) is 8.18. The van der Waals surface area contributed by atoms with Crippen LogP contribution in [0.3, 0.4) is 0 Å². The molecule has 10 heteroatoms. The summed E-state index contributed by atoms with van der Waals surface area (Å²) in [4.78, 5) is 14.1. The van der Waals surface area contributed by atoms with E-state index in [2.05, 4.69) is 4.90 Å². The van der Waals surface area contributed by atoms with Crippen LogP contribution in [-0.4, -0.2) is 37.2 Å². The van der Waals surface area contributed by atoms with Crippen LogP contribution in [-0.2, 0) is 26.6 Å². The van der Waals surface area contributed by atoms with Gasteiger partial charge in [0.2, 0.25) is 0 Å². The first-order valence-corrected chi connectivity index (χ1v) is 12.3. The van der Waals surface area contributed by atoms with E-state index >= 15 is 0 Å². The smallest absolute Gasteiger partial charge is 0.416 e. The first-order chi connectivity index (χ1) is 17.5. The topological polar surface area (TPSA) is 38.8 Å². The lowest BCUT2D eigenvalue weighted by Gasteiger charge is -2.46. The second-order valence-corrected chi connectivity index (χ2v) is 9.66. The maximum absolute atomic E-state index is 13.2. The van der Waals surface area contributed by atoms with E-state index in [1.54, 1.807) is 0 Å². The van der Waals surface area contributed by atoms with Gasteiger partial charge in [-0.25, -0.2) is 0 Å². The minimum atomic E-state index is -4.47. The number of hydrogen-bond acceptors (Lipinski definition) is 4. The van der Waals surface area contributed by atoms with E-state index in [1.165, 1.54) is 31.4 Å². The number of carbonyl (C=O) groups is 1. The lowest BCUT2D eigenvalue weighted by atomic mass is 9.82.